The molecule has 1 saturated carbocycles. The average Bonchev–Trinajstić information content (AvgIpc) is 3.43. The van der Waals surface area contributed by atoms with Crippen molar-refractivity contribution in [1.29, 1.82) is 0 Å². The van der Waals surface area contributed by atoms with Crippen molar-refractivity contribution in [1.82, 2.24) is 14.5 Å². The smallest absolute Gasteiger partial charge is 0.160 e. The fraction of sp³-hybridized carbons (Fsp3) is 0.429. The number of aromatic nitrogens is 3. The van der Waals surface area contributed by atoms with Crippen LogP contribution in [0.2, 0.25) is 10.0 Å². The molecule has 0 radical (unpaired) electrons. The van der Waals surface area contributed by atoms with Gasteiger partial charge in [-0.05, 0) is 43.4 Å². The first kappa shape index (κ1) is 18.7. The SMILES string of the molecule is CCc1nc2c(-c3ccc(Cl)cc3Cl)ccnc2n1C(CCOC)C1CC1. The third kappa shape index (κ3) is 3.58. The van der Waals surface area contributed by atoms with Gasteiger partial charge in [0.05, 0.1) is 0 Å². The van der Waals surface area contributed by atoms with Gasteiger partial charge in [0.2, 0.25) is 0 Å². The van der Waals surface area contributed by atoms with E-state index in [1.165, 1.54) is 12.8 Å². The van der Waals surface area contributed by atoms with E-state index >= 15 is 0 Å². The third-order valence-corrected chi connectivity index (χ3v) is 5.85. The number of pyridine rings is 1. The summed E-state index contributed by atoms with van der Waals surface area (Å²) in [5.74, 6) is 1.76. The molecule has 0 aliphatic heterocycles. The maximum Gasteiger partial charge on any atom is 0.160 e. The molecule has 1 aliphatic rings. The fourth-order valence-corrected chi connectivity index (χ4v) is 4.36. The van der Waals surface area contributed by atoms with E-state index in [4.69, 9.17) is 37.9 Å². The summed E-state index contributed by atoms with van der Waals surface area (Å²) in [6, 6.07) is 7.95. The van der Waals surface area contributed by atoms with Crippen molar-refractivity contribution in [2.24, 2.45) is 5.92 Å². The zero-order chi connectivity index (χ0) is 19.0. The van der Waals surface area contributed by atoms with Crippen LogP contribution in [-0.4, -0.2) is 28.3 Å². The number of methoxy groups -OCH3 is 1. The van der Waals surface area contributed by atoms with E-state index in [-0.39, 0.29) is 0 Å². The molecule has 0 bridgehead atoms. The zero-order valence-corrected chi connectivity index (χ0v) is 17.1. The van der Waals surface area contributed by atoms with Crippen molar-refractivity contribution in [3.05, 3.63) is 46.3 Å². The van der Waals surface area contributed by atoms with Gasteiger partial charge in [0.1, 0.15) is 11.3 Å². The molecule has 4 nitrogen and oxygen atoms in total. The maximum absolute atomic E-state index is 6.48. The number of ether oxygens (including phenoxy) is 1. The molecule has 0 saturated heterocycles. The summed E-state index contributed by atoms with van der Waals surface area (Å²) in [5, 5.41) is 1.25. The Hall–Kier alpha value is -1.62. The Labute approximate surface area is 169 Å². The predicted octanol–water partition coefficient (Wildman–Crippen LogP) is 5.96. The second kappa shape index (κ2) is 7.78. The van der Waals surface area contributed by atoms with Gasteiger partial charge in [-0.25, -0.2) is 9.97 Å². The second-order valence-corrected chi connectivity index (χ2v) is 7.94. The van der Waals surface area contributed by atoms with Crippen LogP contribution in [0.4, 0.5) is 0 Å². The van der Waals surface area contributed by atoms with Gasteiger partial charge in [-0.15, -0.1) is 0 Å². The van der Waals surface area contributed by atoms with Crippen molar-refractivity contribution in [2.45, 2.75) is 38.6 Å². The van der Waals surface area contributed by atoms with E-state index < -0.39 is 0 Å². The number of nitrogens with zero attached hydrogens (tertiary/aromatic N) is 3. The predicted molar refractivity (Wildman–Crippen MR) is 111 cm³/mol. The molecule has 1 aliphatic carbocycles. The van der Waals surface area contributed by atoms with Crippen LogP contribution in [0.1, 0.15) is 38.1 Å². The van der Waals surface area contributed by atoms with E-state index in [0.29, 0.717) is 22.0 Å². The number of imidazole rings is 1. The highest BCUT2D eigenvalue weighted by Gasteiger charge is 2.34. The van der Waals surface area contributed by atoms with Crippen molar-refractivity contribution < 1.29 is 4.74 Å². The molecule has 0 amide bonds. The van der Waals surface area contributed by atoms with Crippen LogP contribution < -0.4 is 0 Å². The van der Waals surface area contributed by atoms with E-state index in [0.717, 1.165) is 47.6 Å². The van der Waals surface area contributed by atoms with E-state index in [9.17, 15) is 0 Å². The Morgan fingerprint density at radius 3 is 2.70 bits per heavy atom. The van der Waals surface area contributed by atoms with Crippen LogP contribution in [0, 0.1) is 5.92 Å². The minimum atomic E-state index is 0.383. The molecule has 0 N–H and O–H groups in total. The Bertz CT molecular complexity index is 965. The van der Waals surface area contributed by atoms with Crippen molar-refractivity contribution >= 4 is 34.4 Å². The first-order valence-electron chi connectivity index (χ1n) is 9.44. The van der Waals surface area contributed by atoms with Crippen LogP contribution in [-0.2, 0) is 11.2 Å². The van der Waals surface area contributed by atoms with E-state index in [1.807, 2.05) is 24.4 Å². The Morgan fingerprint density at radius 1 is 1.22 bits per heavy atom. The highest BCUT2D eigenvalue weighted by Crippen LogP contribution is 2.44. The number of halogens is 2. The minimum Gasteiger partial charge on any atom is -0.385 e. The Morgan fingerprint density at radius 2 is 2.04 bits per heavy atom. The highest BCUT2D eigenvalue weighted by atomic mass is 35.5. The molecule has 2 aromatic heterocycles. The normalized spacial score (nSPS) is 15.4. The second-order valence-electron chi connectivity index (χ2n) is 7.09. The summed E-state index contributed by atoms with van der Waals surface area (Å²) < 4.78 is 7.72. The summed E-state index contributed by atoms with van der Waals surface area (Å²) in [6.07, 6.45) is 6.22. The van der Waals surface area contributed by atoms with Crippen LogP contribution >= 0.6 is 23.2 Å². The van der Waals surface area contributed by atoms with E-state index in [2.05, 4.69) is 11.5 Å². The van der Waals surface area contributed by atoms with Crippen molar-refractivity contribution in [2.75, 3.05) is 13.7 Å². The van der Waals surface area contributed by atoms with Gasteiger partial charge in [0, 0.05) is 53.5 Å². The topological polar surface area (TPSA) is 39.9 Å². The van der Waals surface area contributed by atoms with Crippen LogP contribution in [0.25, 0.3) is 22.3 Å². The van der Waals surface area contributed by atoms with Gasteiger partial charge in [0.25, 0.3) is 0 Å². The molecular formula is C21H23Cl2N3O. The van der Waals surface area contributed by atoms with E-state index in [1.54, 1.807) is 13.2 Å². The first-order chi connectivity index (χ1) is 13.1. The number of benzene rings is 1. The lowest BCUT2D eigenvalue weighted by Gasteiger charge is -2.20. The summed E-state index contributed by atoms with van der Waals surface area (Å²) in [6.45, 7) is 2.89. The zero-order valence-electron chi connectivity index (χ0n) is 15.6. The standard InChI is InChI=1S/C21H23Cl2N3O/c1-3-19-25-20-16(15-7-6-14(22)12-17(15)23)8-10-24-21(20)26(19)18(9-11-27-2)13-4-5-13/h6-8,10,12-13,18H,3-5,9,11H2,1-2H3. The average molecular weight is 404 g/mol. The quantitative estimate of drug-likeness (QED) is 0.488. The van der Waals surface area contributed by atoms with Crippen molar-refractivity contribution in [3.8, 4) is 11.1 Å². The molecular weight excluding hydrogens is 381 g/mol. The monoisotopic (exact) mass is 403 g/mol. The molecule has 3 aromatic rings. The Kier molecular flexibility index (Phi) is 5.40. The molecule has 1 unspecified atom stereocenters. The number of hydrogen-bond donors (Lipinski definition) is 0. The lowest BCUT2D eigenvalue weighted by molar-refractivity contribution is 0.173. The molecule has 4 rings (SSSR count). The number of hydrogen-bond acceptors (Lipinski definition) is 3. The lowest BCUT2D eigenvalue weighted by Crippen LogP contribution is -2.16. The van der Waals surface area contributed by atoms with Gasteiger partial charge in [-0.2, -0.15) is 0 Å². The van der Waals surface area contributed by atoms with Crippen LogP contribution in [0.3, 0.4) is 0 Å². The molecule has 2 heterocycles. The third-order valence-electron chi connectivity index (χ3n) is 5.31. The molecule has 27 heavy (non-hydrogen) atoms. The van der Waals surface area contributed by atoms with Crippen molar-refractivity contribution in [3.63, 3.8) is 0 Å². The molecule has 142 valence electrons. The van der Waals surface area contributed by atoms with Crippen LogP contribution in [0.15, 0.2) is 30.5 Å². The fourth-order valence-electron chi connectivity index (χ4n) is 3.85. The number of aryl methyl sites for hydroxylation is 1. The molecule has 1 fully saturated rings. The first-order valence-corrected chi connectivity index (χ1v) is 10.2. The molecule has 0 spiro atoms. The van der Waals surface area contributed by atoms with Gasteiger partial charge < -0.3 is 9.30 Å². The number of fused-ring (bicyclic) bond motifs is 1. The summed E-state index contributed by atoms with van der Waals surface area (Å²) in [7, 11) is 1.76. The maximum atomic E-state index is 6.48. The summed E-state index contributed by atoms with van der Waals surface area (Å²) in [4.78, 5) is 9.69. The van der Waals surface area contributed by atoms with Gasteiger partial charge >= 0.3 is 0 Å². The molecule has 1 atom stereocenters. The molecule has 1 aromatic carbocycles. The van der Waals surface area contributed by atoms with Crippen LogP contribution in [0.5, 0.6) is 0 Å². The summed E-state index contributed by atoms with van der Waals surface area (Å²) in [5.41, 5.74) is 3.77. The highest BCUT2D eigenvalue weighted by molar-refractivity contribution is 6.36. The van der Waals surface area contributed by atoms with Gasteiger partial charge in [-0.1, -0.05) is 36.2 Å². The lowest BCUT2D eigenvalue weighted by atomic mass is 10.1. The van der Waals surface area contributed by atoms with Gasteiger partial charge in [0.15, 0.2) is 5.65 Å². The Balaban J connectivity index is 1.88. The largest absolute Gasteiger partial charge is 0.385 e. The summed E-state index contributed by atoms with van der Waals surface area (Å²) >= 11 is 12.6. The molecule has 6 heteroatoms. The van der Waals surface area contributed by atoms with Gasteiger partial charge in [-0.3, -0.25) is 0 Å². The minimum absolute atomic E-state index is 0.383. The number of rotatable bonds is 7.